The number of hydrogen-bond acceptors (Lipinski definition) is 10. The molecule has 2 aliphatic rings. The number of piperidine rings is 1. The molecule has 2 heterocycles. The van der Waals surface area contributed by atoms with Crippen LogP contribution in [0.4, 0.5) is 5.69 Å². The summed E-state index contributed by atoms with van der Waals surface area (Å²) in [5.41, 5.74) is 0.476. The van der Waals surface area contributed by atoms with Crippen molar-refractivity contribution in [3.05, 3.63) is 29.3 Å². The number of ether oxygens (including phenoxy) is 3. The second kappa shape index (κ2) is 14.2. The van der Waals surface area contributed by atoms with Gasteiger partial charge in [0.05, 0.1) is 63.7 Å². The minimum absolute atomic E-state index is 0.0248. The van der Waals surface area contributed by atoms with Crippen LogP contribution in [0.3, 0.4) is 0 Å². The molecule has 0 saturated carbocycles. The number of amides is 5. The summed E-state index contributed by atoms with van der Waals surface area (Å²) in [6, 6.07) is 3.53. The second-order valence-corrected chi connectivity index (χ2v) is 8.36. The van der Waals surface area contributed by atoms with E-state index in [0.29, 0.717) is 19.8 Å². The van der Waals surface area contributed by atoms with Crippen molar-refractivity contribution in [2.75, 3.05) is 58.0 Å². The Bertz CT molecular complexity index is 1080. The van der Waals surface area contributed by atoms with Crippen molar-refractivity contribution in [2.24, 2.45) is 0 Å². The lowest BCUT2D eigenvalue weighted by atomic mass is 10.0. The minimum atomic E-state index is -1.07. The number of carbonyl (C=O) groups is 6. The van der Waals surface area contributed by atoms with E-state index in [2.05, 4.69) is 16.0 Å². The maximum absolute atomic E-state index is 13.1. The van der Waals surface area contributed by atoms with E-state index < -0.39 is 35.6 Å². The number of carboxylic acid groups (broad SMARTS) is 1. The van der Waals surface area contributed by atoms with E-state index in [4.69, 9.17) is 19.3 Å². The summed E-state index contributed by atoms with van der Waals surface area (Å²) < 4.78 is 15.7. The molecule has 2 aliphatic heterocycles. The number of nitrogens with zero attached hydrogens (tertiary/aromatic N) is 1. The van der Waals surface area contributed by atoms with Gasteiger partial charge in [0.2, 0.25) is 17.7 Å². The maximum atomic E-state index is 13.1. The molecule has 1 saturated heterocycles. The first-order chi connectivity index (χ1) is 18.3. The molecule has 14 nitrogen and oxygen atoms in total. The Morgan fingerprint density at radius 1 is 0.974 bits per heavy atom. The van der Waals surface area contributed by atoms with Crippen LogP contribution in [0.2, 0.25) is 0 Å². The van der Waals surface area contributed by atoms with E-state index in [-0.39, 0.29) is 74.9 Å². The van der Waals surface area contributed by atoms with Crippen molar-refractivity contribution < 1.29 is 48.1 Å². The van der Waals surface area contributed by atoms with Gasteiger partial charge in [0.15, 0.2) is 0 Å². The molecular weight excluding hydrogens is 504 g/mol. The number of carbonyl (C=O) groups excluding carboxylic acids is 5. The third-order valence-corrected chi connectivity index (χ3v) is 5.68. The standard InChI is InChI=1S/C24H30N4O10/c29-18-5-4-17(22(33)27-18)28-23(34)15-2-1-3-16(21(15)24(28)35)26-14-19(30)25-7-9-37-11-13-38-12-10-36-8-6-20(31)32/h1-3,17,26H,4-14H2,(H,25,30)(H,31,32)(H,27,29,33). The van der Waals surface area contributed by atoms with E-state index in [1.54, 1.807) is 12.1 Å². The monoisotopic (exact) mass is 534 g/mol. The van der Waals surface area contributed by atoms with Gasteiger partial charge >= 0.3 is 5.97 Å². The first kappa shape index (κ1) is 28.7. The first-order valence-electron chi connectivity index (χ1n) is 12.1. The molecule has 1 aromatic rings. The van der Waals surface area contributed by atoms with E-state index in [0.717, 1.165) is 4.90 Å². The molecule has 5 amide bonds. The maximum Gasteiger partial charge on any atom is 0.305 e. The number of fused-ring (bicyclic) bond motifs is 1. The Hall–Kier alpha value is -3.88. The summed E-state index contributed by atoms with van der Waals surface area (Å²) >= 11 is 0. The summed E-state index contributed by atoms with van der Waals surface area (Å²) in [7, 11) is 0. The third-order valence-electron chi connectivity index (χ3n) is 5.68. The van der Waals surface area contributed by atoms with Crippen molar-refractivity contribution in [2.45, 2.75) is 25.3 Å². The highest BCUT2D eigenvalue weighted by Gasteiger charge is 2.45. The molecule has 1 unspecified atom stereocenters. The Morgan fingerprint density at radius 2 is 1.66 bits per heavy atom. The molecular formula is C24H30N4O10. The molecule has 38 heavy (non-hydrogen) atoms. The van der Waals surface area contributed by atoms with Crippen molar-refractivity contribution in [3.8, 4) is 0 Å². The summed E-state index contributed by atoms with van der Waals surface area (Å²) in [6.07, 6.45) is 0.0222. The molecule has 206 valence electrons. The van der Waals surface area contributed by atoms with Gasteiger partial charge < -0.3 is 30.0 Å². The summed E-state index contributed by atoms with van der Waals surface area (Å²) in [6.45, 7) is 1.68. The molecule has 0 aliphatic carbocycles. The SMILES string of the molecule is O=C(O)CCOCCOCCOCCNC(=O)CNc1cccc2c1C(=O)N(C1CCC(=O)NC1=O)C2=O. The fourth-order valence-electron chi connectivity index (χ4n) is 3.86. The van der Waals surface area contributed by atoms with Crippen LogP contribution in [-0.2, 0) is 33.4 Å². The van der Waals surface area contributed by atoms with Gasteiger partial charge in [-0.1, -0.05) is 6.07 Å². The van der Waals surface area contributed by atoms with Crippen LogP contribution in [0.5, 0.6) is 0 Å². The molecule has 0 spiro atoms. The van der Waals surface area contributed by atoms with Gasteiger partial charge in [-0.2, -0.15) is 0 Å². The van der Waals surface area contributed by atoms with E-state index in [9.17, 15) is 28.8 Å². The molecule has 1 aromatic carbocycles. The largest absolute Gasteiger partial charge is 0.481 e. The van der Waals surface area contributed by atoms with Crippen LogP contribution in [0.15, 0.2) is 18.2 Å². The van der Waals surface area contributed by atoms with Gasteiger partial charge in [-0.05, 0) is 18.6 Å². The number of hydrogen-bond donors (Lipinski definition) is 4. The lowest BCUT2D eigenvalue weighted by molar-refractivity contribution is -0.138. The smallest absolute Gasteiger partial charge is 0.305 e. The highest BCUT2D eigenvalue weighted by molar-refractivity contribution is 6.25. The van der Waals surface area contributed by atoms with E-state index >= 15 is 0 Å². The number of benzene rings is 1. The molecule has 4 N–H and O–H groups in total. The molecule has 0 radical (unpaired) electrons. The number of carboxylic acids is 1. The molecule has 1 atom stereocenters. The van der Waals surface area contributed by atoms with Gasteiger partial charge in [-0.25, -0.2) is 0 Å². The molecule has 0 aromatic heterocycles. The first-order valence-corrected chi connectivity index (χ1v) is 12.1. The Morgan fingerprint density at radius 3 is 2.34 bits per heavy atom. The average Bonchev–Trinajstić information content (AvgIpc) is 3.13. The number of aliphatic carboxylic acids is 1. The van der Waals surface area contributed by atoms with Gasteiger partial charge in [0, 0.05) is 18.7 Å². The molecule has 3 rings (SSSR count). The summed E-state index contributed by atoms with van der Waals surface area (Å²) in [5.74, 6) is -3.72. The van der Waals surface area contributed by atoms with Gasteiger partial charge in [-0.3, -0.25) is 39.0 Å². The van der Waals surface area contributed by atoms with Gasteiger partial charge in [0.25, 0.3) is 11.8 Å². The lowest BCUT2D eigenvalue weighted by Gasteiger charge is -2.27. The van der Waals surface area contributed by atoms with Crippen molar-refractivity contribution >= 4 is 41.2 Å². The predicted molar refractivity (Wildman–Crippen MR) is 129 cm³/mol. The Labute approximate surface area is 218 Å². The molecule has 0 bridgehead atoms. The fourth-order valence-corrected chi connectivity index (χ4v) is 3.86. The zero-order valence-corrected chi connectivity index (χ0v) is 20.7. The van der Waals surface area contributed by atoms with E-state index in [1.165, 1.54) is 6.07 Å². The highest BCUT2D eigenvalue weighted by Crippen LogP contribution is 2.32. The zero-order valence-electron chi connectivity index (χ0n) is 20.7. The Kier molecular flexibility index (Phi) is 10.7. The third kappa shape index (κ3) is 7.81. The zero-order chi connectivity index (χ0) is 27.5. The molecule has 1 fully saturated rings. The highest BCUT2D eigenvalue weighted by atomic mass is 16.5. The van der Waals surface area contributed by atoms with Crippen molar-refractivity contribution in [1.29, 1.82) is 0 Å². The van der Waals surface area contributed by atoms with Crippen LogP contribution in [-0.4, -0.2) is 104 Å². The second-order valence-electron chi connectivity index (χ2n) is 8.36. The minimum Gasteiger partial charge on any atom is -0.481 e. The Balaban J connectivity index is 1.35. The van der Waals surface area contributed by atoms with Gasteiger partial charge in [0.1, 0.15) is 6.04 Å². The van der Waals surface area contributed by atoms with Crippen molar-refractivity contribution in [3.63, 3.8) is 0 Å². The normalized spacial score (nSPS) is 16.8. The topological polar surface area (TPSA) is 190 Å². The van der Waals surface area contributed by atoms with Crippen LogP contribution in [0, 0.1) is 0 Å². The number of anilines is 1. The number of rotatable bonds is 16. The summed E-state index contributed by atoms with van der Waals surface area (Å²) in [5, 5.41) is 16.2. The van der Waals surface area contributed by atoms with Crippen LogP contribution in [0.25, 0.3) is 0 Å². The quantitative estimate of drug-likeness (QED) is 0.152. The fraction of sp³-hybridized carbons (Fsp3) is 0.500. The number of imide groups is 2. The van der Waals surface area contributed by atoms with E-state index in [1.807, 2.05) is 0 Å². The van der Waals surface area contributed by atoms with Crippen LogP contribution >= 0.6 is 0 Å². The summed E-state index contributed by atoms with van der Waals surface area (Å²) in [4.78, 5) is 73.0. The lowest BCUT2D eigenvalue weighted by Crippen LogP contribution is -2.54. The molecule has 14 heteroatoms. The van der Waals surface area contributed by atoms with Crippen LogP contribution < -0.4 is 16.0 Å². The predicted octanol–water partition coefficient (Wildman–Crippen LogP) is -0.860. The van der Waals surface area contributed by atoms with Crippen molar-refractivity contribution in [1.82, 2.24) is 15.5 Å². The average molecular weight is 535 g/mol. The number of nitrogens with one attached hydrogen (secondary N) is 3. The van der Waals surface area contributed by atoms with Crippen LogP contribution in [0.1, 0.15) is 40.0 Å². The van der Waals surface area contributed by atoms with Gasteiger partial charge in [-0.15, -0.1) is 0 Å².